The number of hydrogen-bond donors (Lipinski definition) is 7. The van der Waals surface area contributed by atoms with Crippen molar-refractivity contribution in [2.24, 2.45) is 0 Å². The molecule has 1 aliphatic heterocycles. The first kappa shape index (κ1) is 48.9. The van der Waals surface area contributed by atoms with Gasteiger partial charge in [0.05, 0.1) is 25.4 Å². The molecule has 10 nitrogen and oxygen atoms in total. The van der Waals surface area contributed by atoms with Crippen molar-refractivity contribution in [1.29, 1.82) is 0 Å². The third-order valence-electron chi connectivity index (χ3n) is 10.5. The summed E-state index contributed by atoms with van der Waals surface area (Å²) < 4.78 is 11.1. The summed E-state index contributed by atoms with van der Waals surface area (Å²) in [6.07, 6.45) is 25.8. The number of aliphatic hydroxyl groups is 6. The van der Waals surface area contributed by atoms with Crippen molar-refractivity contribution in [3.8, 4) is 0 Å². The molecule has 1 rings (SSSR count). The fourth-order valence-electron chi connectivity index (χ4n) is 6.87. The maximum absolute atomic E-state index is 13.0. The highest BCUT2D eigenvalue weighted by atomic mass is 16.7. The van der Waals surface area contributed by atoms with Crippen molar-refractivity contribution in [3.05, 3.63) is 12.2 Å². The summed E-state index contributed by atoms with van der Waals surface area (Å²) in [5.41, 5.74) is 0. The van der Waals surface area contributed by atoms with Crippen LogP contribution in [-0.4, -0.2) is 98.7 Å². The van der Waals surface area contributed by atoms with E-state index in [4.69, 9.17) is 9.47 Å². The van der Waals surface area contributed by atoms with Crippen LogP contribution in [0.25, 0.3) is 0 Å². The Hall–Kier alpha value is -1.11. The standard InChI is InChI=1S/C42H81NO9/c1-3-5-7-9-11-13-15-17-19-21-23-25-27-29-31-36(46)41(50)43-34(33-51-42-40(49)39(48)38(47)37(32-44)52-42)35(45)30-28-26-24-22-20-18-16-14-12-10-8-6-4-2/h28,30,34-40,42,44-49H,3-27,29,31-33H2,1-2H3,(H,43,50)/b30-28+/t34?,35-,36?,37-,38+,39+,40-,42-/m1/s1. The van der Waals surface area contributed by atoms with E-state index < -0.39 is 61.5 Å². The number of ether oxygens (including phenoxy) is 2. The van der Waals surface area contributed by atoms with Crippen LogP contribution in [0.1, 0.15) is 187 Å². The van der Waals surface area contributed by atoms with Crippen molar-refractivity contribution in [2.75, 3.05) is 13.2 Å². The molecule has 0 bridgehead atoms. The zero-order valence-electron chi connectivity index (χ0n) is 33.2. The lowest BCUT2D eigenvalue weighted by atomic mass is 9.99. The maximum atomic E-state index is 13.0. The average molecular weight is 744 g/mol. The molecule has 0 aliphatic carbocycles. The Bertz CT molecular complexity index is 844. The van der Waals surface area contributed by atoms with E-state index in [9.17, 15) is 35.4 Å². The van der Waals surface area contributed by atoms with Crippen LogP contribution in [0.15, 0.2) is 12.2 Å². The minimum Gasteiger partial charge on any atom is -0.394 e. The second-order valence-electron chi connectivity index (χ2n) is 15.3. The number of unbranched alkanes of at least 4 members (excludes halogenated alkanes) is 24. The van der Waals surface area contributed by atoms with Gasteiger partial charge in [0.25, 0.3) is 0 Å². The zero-order valence-corrected chi connectivity index (χ0v) is 33.2. The predicted molar refractivity (Wildman–Crippen MR) is 209 cm³/mol. The minimum atomic E-state index is -1.61. The Labute approximate surface area is 317 Å². The van der Waals surface area contributed by atoms with E-state index >= 15 is 0 Å². The Morgan fingerprint density at radius 2 is 1.10 bits per heavy atom. The summed E-state index contributed by atoms with van der Waals surface area (Å²) in [5, 5.41) is 64.5. The smallest absolute Gasteiger partial charge is 0.249 e. The molecule has 52 heavy (non-hydrogen) atoms. The van der Waals surface area contributed by atoms with Gasteiger partial charge in [0, 0.05) is 0 Å². The lowest BCUT2D eigenvalue weighted by Gasteiger charge is -2.40. The fraction of sp³-hybridized carbons (Fsp3) is 0.929. The van der Waals surface area contributed by atoms with Crippen molar-refractivity contribution < 1.29 is 44.9 Å². The number of carbonyl (C=O) groups excluding carboxylic acids is 1. The lowest BCUT2D eigenvalue weighted by Crippen LogP contribution is -2.60. The molecule has 8 atom stereocenters. The first-order valence-corrected chi connectivity index (χ1v) is 21.5. The zero-order chi connectivity index (χ0) is 38.2. The molecule has 1 heterocycles. The van der Waals surface area contributed by atoms with Crippen LogP contribution in [0.3, 0.4) is 0 Å². The van der Waals surface area contributed by atoms with Gasteiger partial charge < -0.3 is 45.4 Å². The van der Waals surface area contributed by atoms with Crippen LogP contribution in [0.4, 0.5) is 0 Å². The van der Waals surface area contributed by atoms with Gasteiger partial charge in [0.1, 0.15) is 30.5 Å². The highest BCUT2D eigenvalue weighted by molar-refractivity contribution is 5.80. The molecule has 0 radical (unpaired) electrons. The van der Waals surface area contributed by atoms with Crippen LogP contribution in [0.2, 0.25) is 0 Å². The Balaban J connectivity index is 2.46. The molecular weight excluding hydrogens is 662 g/mol. The molecule has 7 N–H and O–H groups in total. The molecule has 0 saturated carbocycles. The predicted octanol–water partition coefficient (Wildman–Crippen LogP) is 7.14. The number of aliphatic hydroxyl groups excluding tert-OH is 6. The van der Waals surface area contributed by atoms with E-state index in [-0.39, 0.29) is 6.61 Å². The molecule has 0 aromatic carbocycles. The van der Waals surface area contributed by atoms with E-state index in [1.54, 1.807) is 6.08 Å². The molecule has 0 aromatic rings. The highest BCUT2D eigenvalue weighted by Crippen LogP contribution is 2.23. The third kappa shape index (κ3) is 23.6. The molecule has 0 aromatic heterocycles. The van der Waals surface area contributed by atoms with E-state index in [1.807, 2.05) is 6.08 Å². The Morgan fingerprint density at radius 1 is 0.654 bits per heavy atom. The van der Waals surface area contributed by atoms with Crippen LogP contribution < -0.4 is 5.32 Å². The monoisotopic (exact) mass is 744 g/mol. The molecular formula is C42H81NO9. The van der Waals surface area contributed by atoms with Crippen molar-refractivity contribution >= 4 is 5.91 Å². The van der Waals surface area contributed by atoms with Gasteiger partial charge >= 0.3 is 0 Å². The van der Waals surface area contributed by atoms with E-state index in [2.05, 4.69) is 19.2 Å². The summed E-state index contributed by atoms with van der Waals surface area (Å²) in [5.74, 6) is -0.616. The van der Waals surface area contributed by atoms with Crippen LogP contribution in [-0.2, 0) is 14.3 Å². The average Bonchev–Trinajstić information content (AvgIpc) is 3.14. The third-order valence-corrected chi connectivity index (χ3v) is 10.5. The van der Waals surface area contributed by atoms with Crippen LogP contribution in [0.5, 0.6) is 0 Å². The Kier molecular flexibility index (Phi) is 31.3. The second kappa shape index (κ2) is 33.2. The molecule has 308 valence electrons. The first-order chi connectivity index (χ1) is 25.3. The normalized spacial score (nSPS) is 22.5. The van der Waals surface area contributed by atoms with Crippen LogP contribution >= 0.6 is 0 Å². The summed E-state index contributed by atoms with van der Waals surface area (Å²) >= 11 is 0. The molecule has 1 amide bonds. The molecule has 1 fully saturated rings. The largest absolute Gasteiger partial charge is 0.394 e. The lowest BCUT2D eigenvalue weighted by molar-refractivity contribution is -0.302. The minimum absolute atomic E-state index is 0.302. The number of rotatable bonds is 35. The molecule has 2 unspecified atom stereocenters. The van der Waals surface area contributed by atoms with Gasteiger partial charge in [0.15, 0.2) is 6.29 Å². The van der Waals surface area contributed by atoms with E-state index in [0.29, 0.717) is 6.42 Å². The van der Waals surface area contributed by atoms with E-state index in [0.717, 1.165) is 44.9 Å². The van der Waals surface area contributed by atoms with Crippen molar-refractivity contribution in [3.63, 3.8) is 0 Å². The van der Waals surface area contributed by atoms with Gasteiger partial charge in [0.2, 0.25) is 5.91 Å². The molecule has 0 spiro atoms. The molecule has 10 heteroatoms. The Morgan fingerprint density at radius 3 is 1.56 bits per heavy atom. The van der Waals surface area contributed by atoms with Crippen molar-refractivity contribution in [2.45, 2.75) is 236 Å². The SMILES string of the molecule is CCCCCCCCCCCCC/C=C/[C@@H](O)C(CO[C@@H]1O[C@H](CO)[C@H](O)[C@H](O)[C@H]1O)NC(=O)C(O)CCCCCCCCCCCCCCCC. The van der Waals surface area contributed by atoms with Gasteiger partial charge in [-0.3, -0.25) is 4.79 Å². The molecule has 1 aliphatic rings. The van der Waals surface area contributed by atoms with Crippen molar-refractivity contribution in [1.82, 2.24) is 5.32 Å². The topological polar surface area (TPSA) is 169 Å². The summed E-state index contributed by atoms with van der Waals surface area (Å²) in [7, 11) is 0. The first-order valence-electron chi connectivity index (χ1n) is 21.5. The number of allylic oxidation sites excluding steroid dienone is 1. The maximum Gasteiger partial charge on any atom is 0.249 e. The van der Waals surface area contributed by atoms with Gasteiger partial charge in [-0.05, 0) is 19.3 Å². The summed E-state index contributed by atoms with van der Waals surface area (Å²) in [4.78, 5) is 13.0. The quantitative estimate of drug-likeness (QED) is 0.0264. The number of hydrogen-bond acceptors (Lipinski definition) is 9. The van der Waals surface area contributed by atoms with Crippen LogP contribution in [0, 0.1) is 0 Å². The second-order valence-corrected chi connectivity index (χ2v) is 15.3. The highest BCUT2D eigenvalue weighted by Gasteiger charge is 2.44. The van der Waals surface area contributed by atoms with Gasteiger partial charge in [-0.2, -0.15) is 0 Å². The number of nitrogens with one attached hydrogen (secondary N) is 1. The molecule has 1 saturated heterocycles. The summed E-state index contributed by atoms with van der Waals surface area (Å²) in [6.45, 7) is 3.59. The number of carbonyl (C=O) groups is 1. The van der Waals surface area contributed by atoms with Gasteiger partial charge in [-0.25, -0.2) is 0 Å². The summed E-state index contributed by atoms with van der Waals surface area (Å²) in [6, 6.07) is -0.973. The van der Waals surface area contributed by atoms with Gasteiger partial charge in [-0.15, -0.1) is 0 Å². The fourth-order valence-corrected chi connectivity index (χ4v) is 6.87. The number of amides is 1. The van der Waals surface area contributed by atoms with E-state index in [1.165, 1.54) is 122 Å². The van der Waals surface area contributed by atoms with Gasteiger partial charge in [-0.1, -0.05) is 180 Å².